The first-order valence-corrected chi connectivity index (χ1v) is 5.68. The number of nitrogen functional groups attached to an aromatic ring is 1. The van der Waals surface area contributed by atoms with E-state index in [-0.39, 0.29) is 15.7 Å². The molecule has 1 aromatic heterocycles. The molecule has 0 aliphatic carbocycles. The Morgan fingerprint density at radius 1 is 1.06 bits per heavy atom. The highest BCUT2D eigenvalue weighted by molar-refractivity contribution is 7.99. The van der Waals surface area contributed by atoms with Crippen molar-refractivity contribution in [2.24, 2.45) is 5.84 Å². The quantitative estimate of drug-likeness (QED) is 0.665. The molecular formula is C11H8F3N3S. The molecule has 0 fully saturated rings. The summed E-state index contributed by atoms with van der Waals surface area (Å²) in [4.78, 5) is 3.83. The molecule has 2 rings (SSSR count). The van der Waals surface area contributed by atoms with Crippen LogP contribution in [0.15, 0.2) is 40.3 Å². The first kappa shape index (κ1) is 12.7. The lowest BCUT2D eigenvalue weighted by Gasteiger charge is -2.06. The number of pyridine rings is 1. The molecule has 2 aromatic rings. The maximum Gasteiger partial charge on any atom is 0.177 e. The average molecular weight is 271 g/mol. The lowest BCUT2D eigenvalue weighted by Crippen LogP contribution is -2.11. The minimum Gasteiger partial charge on any atom is -0.306 e. The van der Waals surface area contributed by atoms with E-state index in [0.29, 0.717) is 6.07 Å². The van der Waals surface area contributed by atoms with Gasteiger partial charge in [0.1, 0.15) is 10.8 Å². The Labute approximate surface area is 105 Å². The fourth-order valence-electron chi connectivity index (χ4n) is 1.25. The van der Waals surface area contributed by atoms with E-state index in [9.17, 15) is 13.2 Å². The van der Waals surface area contributed by atoms with Crippen LogP contribution in [0.3, 0.4) is 0 Å². The van der Waals surface area contributed by atoms with Crippen LogP contribution >= 0.6 is 11.8 Å². The number of halogens is 3. The van der Waals surface area contributed by atoms with E-state index in [1.165, 1.54) is 18.2 Å². The van der Waals surface area contributed by atoms with E-state index in [2.05, 4.69) is 4.98 Å². The fraction of sp³-hybridized carbons (Fsp3) is 0. The third kappa shape index (κ3) is 2.57. The van der Waals surface area contributed by atoms with Gasteiger partial charge in [0, 0.05) is 11.0 Å². The first-order valence-electron chi connectivity index (χ1n) is 4.87. The van der Waals surface area contributed by atoms with Crippen LogP contribution in [0, 0.1) is 17.5 Å². The highest BCUT2D eigenvalue weighted by Gasteiger charge is 2.14. The molecule has 0 radical (unpaired) electrons. The highest BCUT2D eigenvalue weighted by Crippen LogP contribution is 2.31. The summed E-state index contributed by atoms with van der Waals surface area (Å²) in [5.41, 5.74) is 2.00. The molecule has 0 bridgehead atoms. The van der Waals surface area contributed by atoms with Crippen LogP contribution in [0.25, 0.3) is 0 Å². The molecule has 18 heavy (non-hydrogen) atoms. The van der Waals surface area contributed by atoms with Crippen LogP contribution in [0.2, 0.25) is 0 Å². The van der Waals surface area contributed by atoms with E-state index >= 15 is 0 Å². The van der Waals surface area contributed by atoms with Crippen molar-refractivity contribution in [3.8, 4) is 0 Å². The smallest absolute Gasteiger partial charge is 0.177 e. The summed E-state index contributed by atoms with van der Waals surface area (Å²) in [6, 6.07) is 6.48. The molecule has 1 aromatic carbocycles. The Balaban J connectivity index is 2.38. The molecule has 3 N–H and O–H groups in total. The second kappa shape index (κ2) is 5.28. The summed E-state index contributed by atoms with van der Waals surface area (Å²) in [7, 11) is 0. The number of hydrogen-bond donors (Lipinski definition) is 2. The van der Waals surface area contributed by atoms with Gasteiger partial charge in [0.05, 0.1) is 0 Å². The normalized spacial score (nSPS) is 10.4. The van der Waals surface area contributed by atoms with Gasteiger partial charge in [-0.3, -0.25) is 0 Å². The van der Waals surface area contributed by atoms with Gasteiger partial charge < -0.3 is 5.43 Å². The number of aromatic nitrogens is 1. The van der Waals surface area contributed by atoms with E-state index in [0.717, 1.165) is 11.8 Å². The number of nitrogens with one attached hydrogen (secondary N) is 1. The Morgan fingerprint density at radius 3 is 2.44 bits per heavy atom. The molecule has 7 heteroatoms. The minimum absolute atomic E-state index is 0.158. The standard InChI is InChI=1S/C11H8F3N3S/c12-6-3-1-2-4-9(6)18-11-8(14)5-7(13)10(16-11)17-15/h1-5H,15H2,(H,16,17). The van der Waals surface area contributed by atoms with Crippen LogP contribution in [0.5, 0.6) is 0 Å². The summed E-state index contributed by atoms with van der Waals surface area (Å²) >= 11 is 0.756. The predicted octanol–water partition coefficient (Wildman–Crippen LogP) is 2.94. The number of hydrazine groups is 1. The number of nitrogens with zero attached hydrogens (tertiary/aromatic N) is 1. The van der Waals surface area contributed by atoms with Crippen LogP contribution in [0.1, 0.15) is 0 Å². The first-order chi connectivity index (χ1) is 8.61. The van der Waals surface area contributed by atoms with Gasteiger partial charge in [0.25, 0.3) is 0 Å². The number of nitrogens with two attached hydrogens (primary N) is 1. The monoisotopic (exact) mass is 271 g/mol. The van der Waals surface area contributed by atoms with Crippen molar-refractivity contribution in [2.75, 3.05) is 5.43 Å². The van der Waals surface area contributed by atoms with Crippen LogP contribution in [-0.2, 0) is 0 Å². The third-order valence-corrected chi connectivity index (χ3v) is 3.11. The van der Waals surface area contributed by atoms with Crippen molar-refractivity contribution >= 4 is 17.6 Å². The van der Waals surface area contributed by atoms with Crippen molar-refractivity contribution in [3.63, 3.8) is 0 Å². The molecule has 0 saturated heterocycles. The molecule has 94 valence electrons. The number of benzene rings is 1. The third-order valence-electron chi connectivity index (χ3n) is 2.08. The molecule has 0 atom stereocenters. The van der Waals surface area contributed by atoms with Gasteiger partial charge in [-0.25, -0.2) is 24.0 Å². The zero-order valence-corrected chi connectivity index (χ0v) is 9.77. The minimum atomic E-state index is -0.909. The average Bonchev–Trinajstić information content (AvgIpc) is 2.35. The van der Waals surface area contributed by atoms with Crippen molar-refractivity contribution in [1.82, 2.24) is 4.98 Å². The van der Waals surface area contributed by atoms with E-state index in [1.54, 1.807) is 6.07 Å². The molecule has 0 spiro atoms. The predicted molar refractivity (Wildman–Crippen MR) is 62.5 cm³/mol. The molecule has 0 amide bonds. The second-order valence-electron chi connectivity index (χ2n) is 3.28. The summed E-state index contributed by atoms with van der Waals surface area (Å²) in [5.74, 6) is 2.45. The fourth-order valence-corrected chi connectivity index (χ4v) is 2.07. The molecule has 0 unspecified atom stereocenters. The van der Waals surface area contributed by atoms with Crippen LogP contribution in [-0.4, -0.2) is 4.98 Å². The number of rotatable bonds is 3. The molecule has 1 heterocycles. The topological polar surface area (TPSA) is 50.9 Å². The van der Waals surface area contributed by atoms with Gasteiger partial charge in [-0.15, -0.1) is 0 Å². The maximum absolute atomic E-state index is 13.5. The Morgan fingerprint density at radius 2 is 1.78 bits per heavy atom. The molecule has 3 nitrogen and oxygen atoms in total. The van der Waals surface area contributed by atoms with Crippen molar-refractivity contribution < 1.29 is 13.2 Å². The lowest BCUT2D eigenvalue weighted by molar-refractivity contribution is 0.550. The van der Waals surface area contributed by atoms with E-state index in [4.69, 9.17) is 5.84 Å². The van der Waals surface area contributed by atoms with Gasteiger partial charge in [-0.1, -0.05) is 23.9 Å². The van der Waals surface area contributed by atoms with Crippen LogP contribution in [0.4, 0.5) is 19.0 Å². The van der Waals surface area contributed by atoms with Gasteiger partial charge in [0.15, 0.2) is 17.5 Å². The number of hydrogen-bond acceptors (Lipinski definition) is 4. The lowest BCUT2D eigenvalue weighted by atomic mass is 10.3. The summed E-state index contributed by atoms with van der Waals surface area (Å²) in [6.45, 7) is 0. The SMILES string of the molecule is NNc1nc(Sc2ccccc2F)c(F)cc1F. The van der Waals surface area contributed by atoms with Gasteiger partial charge in [-0.05, 0) is 12.1 Å². The Kier molecular flexibility index (Phi) is 3.73. The van der Waals surface area contributed by atoms with Crippen molar-refractivity contribution in [3.05, 3.63) is 47.8 Å². The maximum atomic E-state index is 13.5. The zero-order chi connectivity index (χ0) is 13.1. The zero-order valence-electron chi connectivity index (χ0n) is 8.95. The highest BCUT2D eigenvalue weighted by atomic mass is 32.2. The summed E-state index contributed by atoms with van der Waals surface area (Å²) in [5, 5.41) is -0.158. The number of anilines is 1. The van der Waals surface area contributed by atoms with Crippen molar-refractivity contribution in [1.29, 1.82) is 0 Å². The molecule has 0 aliphatic rings. The van der Waals surface area contributed by atoms with Gasteiger partial charge >= 0.3 is 0 Å². The Bertz CT molecular complexity index is 577. The van der Waals surface area contributed by atoms with Crippen molar-refractivity contribution in [2.45, 2.75) is 9.92 Å². The Hall–Kier alpha value is -1.73. The van der Waals surface area contributed by atoms with Gasteiger partial charge in [-0.2, -0.15) is 0 Å². The second-order valence-corrected chi connectivity index (χ2v) is 4.31. The summed E-state index contributed by atoms with van der Waals surface area (Å²) < 4.78 is 40.0. The molecule has 0 aliphatic heterocycles. The van der Waals surface area contributed by atoms with Gasteiger partial charge in [0.2, 0.25) is 0 Å². The van der Waals surface area contributed by atoms with Crippen LogP contribution < -0.4 is 11.3 Å². The summed E-state index contributed by atoms with van der Waals surface area (Å²) in [6.07, 6.45) is 0. The molecular weight excluding hydrogens is 263 g/mol. The molecule has 0 saturated carbocycles. The largest absolute Gasteiger partial charge is 0.306 e. The van der Waals surface area contributed by atoms with E-state index < -0.39 is 17.5 Å². The van der Waals surface area contributed by atoms with E-state index in [1.807, 2.05) is 5.43 Å².